The Morgan fingerprint density at radius 2 is 1.86 bits per heavy atom. The van der Waals surface area contributed by atoms with Crippen molar-refractivity contribution >= 4 is 5.91 Å². The molecule has 2 N–H and O–H groups in total. The van der Waals surface area contributed by atoms with Gasteiger partial charge < -0.3 is 20.1 Å². The predicted octanol–water partition coefficient (Wildman–Crippen LogP) is 1.23. The van der Waals surface area contributed by atoms with Gasteiger partial charge >= 0.3 is 0 Å². The van der Waals surface area contributed by atoms with E-state index in [1.54, 1.807) is 0 Å². The SMILES string of the molecule is O=C(NC1CC2CCC(C1)N2)C1COc2ccccc2O1. The number of carbonyl (C=O) groups is 1. The molecule has 2 bridgehead atoms. The molecule has 3 aliphatic heterocycles. The molecule has 3 aliphatic rings. The first-order valence-corrected chi connectivity index (χ1v) is 7.73. The van der Waals surface area contributed by atoms with Crippen molar-refractivity contribution in [1.82, 2.24) is 10.6 Å². The van der Waals surface area contributed by atoms with Crippen LogP contribution in [0.25, 0.3) is 0 Å². The van der Waals surface area contributed by atoms with Gasteiger partial charge in [-0.2, -0.15) is 0 Å². The summed E-state index contributed by atoms with van der Waals surface area (Å²) in [4.78, 5) is 12.4. The summed E-state index contributed by atoms with van der Waals surface area (Å²) in [7, 11) is 0. The standard InChI is InChI=1S/C16H20N2O3/c19-16(18-12-7-10-5-6-11(8-12)17-10)15-9-20-13-3-1-2-4-14(13)21-15/h1-4,10-12,15,17H,5-9H2,(H,18,19). The molecule has 1 aromatic carbocycles. The molecule has 4 rings (SSSR count). The highest BCUT2D eigenvalue weighted by molar-refractivity contribution is 5.82. The van der Waals surface area contributed by atoms with Gasteiger partial charge in [-0.1, -0.05) is 12.1 Å². The number of para-hydroxylation sites is 2. The minimum Gasteiger partial charge on any atom is -0.485 e. The van der Waals surface area contributed by atoms with E-state index in [-0.39, 0.29) is 18.6 Å². The van der Waals surface area contributed by atoms with E-state index in [1.807, 2.05) is 24.3 Å². The second-order valence-corrected chi connectivity index (χ2v) is 6.18. The molecular formula is C16H20N2O3. The fourth-order valence-electron chi connectivity index (χ4n) is 3.62. The molecule has 5 nitrogen and oxygen atoms in total. The van der Waals surface area contributed by atoms with Crippen LogP contribution in [-0.2, 0) is 4.79 Å². The Labute approximate surface area is 124 Å². The molecule has 0 aromatic heterocycles. The third-order valence-electron chi connectivity index (χ3n) is 4.62. The third kappa shape index (κ3) is 2.58. The van der Waals surface area contributed by atoms with Gasteiger partial charge in [0.1, 0.15) is 6.61 Å². The van der Waals surface area contributed by atoms with Crippen molar-refractivity contribution in [3.8, 4) is 11.5 Å². The third-order valence-corrected chi connectivity index (χ3v) is 4.62. The van der Waals surface area contributed by atoms with Gasteiger partial charge in [0, 0.05) is 18.1 Å². The Hall–Kier alpha value is -1.75. The zero-order valence-corrected chi connectivity index (χ0v) is 11.9. The lowest BCUT2D eigenvalue weighted by Crippen LogP contribution is -2.52. The van der Waals surface area contributed by atoms with E-state index in [0.29, 0.717) is 23.6 Å². The Bertz CT molecular complexity index is 536. The zero-order chi connectivity index (χ0) is 14.2. The van der Waals surface area contributed by atoms with Gasteiger partial charge in [0.15, 0.2) is 11.5 Å². The van der Waals surface area contributed by atoms with Crippen LogP contribution in [-0.4, -0.2) is 36.7 Å². The molecule has 0 aliphatic carbocycles. The average molecular weight is 288 g/mol. The van der Waals surface area contributed by atoms with Gasteiger partial charge in [-0.15, -0.1) is 0 Å². The molecule has 112 valence electrons. The van der Waals surface area contributed by atoms with Crippen molar-refractivity contribution in [2.45, 2.75) is 49.9 Å². The van der Waals surface area contributed by atoms with Crippen LogP contribution < -0.4 is 20.1 Å². The smallest absolute Gasteiger partial charge is 0.264 e. The lowest BCUT2D eigenvalue weighted by molar-refractivity contribution is -0.131. The summed E-state index contributed by atoms with van der Waals surface area (Å²) in [5, 5.41) is 6.72. The molecule has 21 heavy (non-hydrogen) atoms. The second kappa shape index (κ2) is 5.22. The highest BCUT2D eigenvalue weighted by atomic mass is 16.6. The van der Waals surface area contributed by atoms with Gasteiger partial charge in [0.05, 0.1) is 0 Å². The monoisotopic (exact) mass is 288 g/mol. The molecule has 1 amide bonds. The van der Waals surface area contributed by atoms with E-state index in [0.717, 1.165) is 12.8 Å². The number of nitrogens with one attached hydrogen (secondary N) is 2. The van der Waals surface area contributed by atoms with E-state index < -0.39 is 6.10 Å². The summed E-state index contributed by atoms with van der Waals surface area (Å²) in [6.45, 7) is 0.278. The number of benzene rings is 1. The highest BCUT2D eigenvalue weighted by Gasteiger charge is 2.36. The van der Waals surface area contributed by atoms with Crippen molar-refractivity contribution in [1.29, 1.82) is 0 Å². The van der Waals surface area contributed by atoms with Crippen molar-refractivity contribution in [2.24, 2.45) is 0 Å². The Balaban J connectivity index is 1.38. The largest absolute Gasteiger partial charge is 0.485 e. The highest BCUT2D eigenvalue weighted by Crippen LogP contribution is 2.31. The summed E-state index contributed by atoms with van der Waals surface area (Å²) in [5.41, 5.74) is 0. The van der Waals surface area contributed by atoms with E-state index in [4.69, 9.17) is 9.47 Å². The van der Waals surface area contributed by atoms with Crippen molar-refractivity contribution in [3.63, 3.8) is 0 Å². The van der Waals surface area contributed by atoms with Crippen molar-refractivity contribution < 1.29 is 14.3 Å². The fourth-order valence-corrected chi connectivity index (χ4v) is 3.62. The minimum atomic E-state index is -0.549. The van der Waals surface area contributed by atoms with Gasteiger partial charge in [0.25, 0.3) is 5.91 Å². The number of rotatable bonds is 2. The number of amides is 1. The number of hydrogen-bond donors (Lipinski definition) is 2. The molecule has 0 saturated carbocycles. The van der Waals surface area contributed by atoms with Crippen LogP contribution >= 0.6 is 0 Å². The summed E-state index contributed by atoms with van der Waals surface area (Å²) in [6.07, 6.45) is 3.95. The van der Waals surface area contributed by atoms with Crippen LogP contribution in [0.4, 0.5) is 0 Å². The summed E-state index contributed by atoms with van der Waals surface area (Å²) in [5.74, 6) is 1.30. The first kappa shape index (κ1) is 13.0. The van der Waals surface area contributed by atoms with Crippen LogP contribution in [0.15, 0.2) is 24.3 Å². The Morgan fingerprint density at radius 3 is 2.62 bits per heavy atom. The van der Waals surface area contributed by atoms with Gasteiger partial charge in [-0.25, -0.2) is 0 Å². The maximum atomic E-state index is 12.4. The van der Waals surface area contributed by atoms with Gasteiger partial charge in [-0.3, -0.25) is 4.79 Å². The topological polar surface area (TPSA) is 59.6 Å². The fraction of sp³-hybridized carbons (Fsp3) is 0.562. The number of fused-ring (bicyclic) bond motifs is 3. The molecule has 2 saturated heterocycles. The molecule has 3 unspecified atom stereocenters. The van der Waals surface area contributed by atoms with E-state index in [2.05, 4.69) is 10.6 Å². The van der Waals surface area contributed by atoms with Gasteiger partial charge in [-0.05, 0) is 37.8 Å². The first-order chi connectivity index (χ1) is 10.3. The predicted molar refractivity (Wildman–Crippen MR) is 77.5 cm³/mol. The number of hydrogen-bond acceptors (Lipinski definition) is 4. The normalized spacial score (nSPS) is 33.5. The first-order valence-electron chi connectivity index (χ1n) is 7.73. The molecule has 5 heteroatoms. The number of piperidine rings is 1. The average Bonchev–Trinajstić information content (AvgIpc) is 2.85. The number of ether oxygens (including phenoxy) is 2. The summed E-state index contributed by atoms with van der Waals surface area (Å²) >= 11 is 0. The molecule has 3 atom stereocenters. The van der Waals surface area contributed by atoms with Crippen LogP contribution in [0.3, 0.4) is 0 Å². The van der Waals surface area contributed by atoms with E-state index >= 15 is 0 Å². The van der Waals surface area contributed by atoms with E-state index in [1.165, 1.54) is 12.8 Å². The molecule has 1 aromatic rings. The van der Waals surface area contributed by atoms with Crippen LogP contribution in [0.1, 0.15) is 25.7 Å². The summed E-state index contributed by atoms with van der Waals surface area (Å²) < 4.78 is 11.4. The number of carbonyl (C=O) groups excluding carboxylic acids is 1. The molecule has 2 fully saturated rings. The summed E-state index contributed by atoms with van der Waals surface area (Å²) in [6, 6.07) is 8.86. The van der Waals surface area contributed by atoms with Crippen LogP contribution in [0.5, 0.6) is 11.5 Å². The van der Waals surface area contributed by atoms with Crippen LogP contribution in [0.2, 0.25) is 0 Å². The van der Waals surface area contributed by atoms with Crippen molar-refractivity contribution in [3.05, 3.63) is 24.3 Å². The maximum absolute atomic E-state index is 12.4. The quantitative estimate of drug-likeness (QED) is 0.859. The minimum absolute atomic E-state index is 0.0594. The lowest BCUT2D eigenvalue weighted by Gasteiger charge is -2.32. The second-order valence-electron chi connectivity index (χ2n) is 6.18. The lowest BCUT2D eigenvalue weighted by atomic mass is 9.99. The Kier molecular flexibility index (Phi) is 3.22. The van der Waals surface area contributed by atoms with Crippen LogP contribution in [0, 0.1) is 0 Å². The molecule has 0 radical (unpaired) electrons. The maximum Gasteiger partial charge on any atom is 0.264 e. The zero-order valence-electron chi connectivity index (χ0n) is 11.9. The molecular weight excluding hydrogens is 268 g/mol. The van der Waals surface area contributed by atoms with Crippen molar-refractivity contribution in [2.75, 3.05) is 6.61 Å². The Morgan fingerprint density at radius 1 is 1.14 bits per heavy atom. The molecule has 3 heterocycles. The van der Waals surface area contributed by atoms with E-state index in [9.17, 15) is 4.79 Å². The van der Waals surface area contributed by atoms with Gasteiger partial charge in [0.2, 0.25) is 6.10 Å². The molecule has 0 spiro atoms.